The van der Waals surface area contributed by atoms with Gasteiger partial charge in [0.05, 0.1) is 5.56 Å². The van der Waals surface area contributed by atoms with Crippen LogP contribution in [-0.2, 0) is 4.74 Å². The van der Waals surface area contributed by atoms with E-state index >= 15 is 0 Å². The van der Waals surface area contributed by atoms with Crippen molar-refractivity contribution < 1.29 is 14.3 Å². The Hall–Kier alpha value is -2.90. The van der Waals surface area contributed by atoms with E-state index in [1.54, 1.807) is 18.3 Å². The zero-order valence-corrected chi connectivity index (χ0v) is 16.5. The Labute approximate surface area is 164 Å². The molecule has 0 bridgehead atoms. The second kappa shape index (κ2) is 8.86. The molecular weight excluding hydrogens is 358 g/mol. The van der Waals surface area contributed by atoms with Crippen LogP contribution in [0.25, 0.3) is 0 Å². The third-order valence-corrected chi connectivity index (χ3v) is 5.09. The summed E-state index contributed by atoms with van der Waals surface area (Å²) in [4.78, 5) is 28.3. The minimum absolute atomic E-state index is 0.103. The predicted octanol–water partition coefficient (Wildman–Crippen LogP) is 3.53. The van der Waals surface area contributed by atoms with Crippen LogP contribution in [0.4, 0.5) is 10.6 Å². The second-order valence-corrected chi connectivity index (χ2v) is 7.34. The van der Waals surface area contributed by atoms with Crippen LogP contribution in [0, 0.1) is 6.92 Å². The molecule has 150 valence electrons. The number of carbonyl (C=O) groups excluding carboxylic acids is 2. The molecule has 0 spiro atoms. The van der Waals surface area contributed by atoms with Crippen LogP contribution in [-0.4, -0.2) is 39.3 Å². The zero-order valence-electron chi connectivity index (χ0n) is 16.5. The molecule has 0 aromatic carbocycles. The summed E-state index contributed by atoms with van der Waals surface area (Å²) in [5.41, 5.74) is 2.28. The van der Waals surface area contributed by atoms with Crippen molar-refractivity contribution in [2.75, 3.05) is 5.32 Å². The fourth-order valence-corrected chi connectivity index (χ4v) is 3.22. The molecule has 2 amide bonds. The number of aromatic amines is 1. The van der Waals surface area contributed by atoms with E-state index < -0.39 is 0 Å². The Morgan fingerprint density at radius 1 is 1.36 bits per heavy atom. The Morgan fingerprint density at radius 3 is 2.89 bits per heavy atom. The van der Waals surface area contributed by atoms with Gasteiger partial charge < -0.3 is 15.4 Å². The van der Waals surface area contributed by atoms with Gasteiger partial charge in [-0.25, -0.2) is 4.79 Å². The number of aryl methyl sites for hydroxylation is 1. The van der Waals surface area contributed by atoms with Crippen molar-refractivity contribution in [1.29, 1.82) is 0 Å². The number of H-pyrrole nitrogens is 1. The Kier molecular flexibility index (Phi) is 6.28. The highest BCUT2D eigenvalue weighted by atomic mass is 16.6. The highest BCUT2D eigenvalue weighted by Gasteiger charge is 2.30. The molecule has 8 heteroatoms. The number of pyridine rings is 1. The molecule has 2 aromatic rings. The van der Waals surface area contributed by atoms with Gasteiger partial charge in [-0.05, 0) is 51.7 Å². The van der Waals surface area contributed by atoms with Crippen LogP contribution in [0.1, 0.15) is 67.2 Å². The Balaban J connectivity index is 1.52. The molecule has 2 aromatic heterocycles. The lowest BCUT2D eigenvalue weighted by atomic mass is 10.0. The average molecular weight is 385 g/mol. The first-order chi connectivity index (χ1) is 13.4. The maximum absolute atomic E-state index is 12.3. The molecule has 3 N–H and O–H groups in total. The van der Waals surface area contributed by atoms with Crippen molar-refractivity contribution in [3.63, 3.8) is 0 Å². The van der Waals surface area contributed by atoms with Crippen LogP contribution in [0.2, 0.25) is 0 Å². The van der Waals surface area contributed by atoms with Gasteiger partial charge in [0.1, 0.15) is 6.10 Å². The van der Waals surface area contributed by atoms with E-state index in [-0.39, 0.29) is 30.1 Å². The first-order valence-electron chi connectivity index (χ1n) is 9.71. The summed E-state index contributed by atoms with van der Waals surface area (Å²) in [5.74, 6) is 0.444. The van der Waals surface area contributed by atoms with Gasteiger partial charge >= 0.3 is 6.09 Å². The van der Waals surface area contributed by atoms with Gasteiger partial charge in [-0.1, -0.05) is 6.92 Å². The molecule has 1 saturated carbocycles. The van der Waals surface area contributed by atoms with Gasteiger partial charge in [0.2, 0.25) is 0 Å². The topological polar surface area (TPSA) is 109 Å². The molecule has 1 aliphatic rings. The molecule has 0 unspecified atom stereocenters. The minimum atomic E-state index is -0.357. The summed E-state index contributed by atoms with van der Waals surface area (Å²) in [5, 5.41) is 12.8. The molecular formula is C20H27N5O3. The number of aromatic nitrogens is 3. The lowest BCUT2D eigenvalue weighted by Crippen LogP contribution is -2.34. The fourth-order valence-electron chi connectivity index (χ4n) is 3.22. The molecule has 0 radical (unpaired) electrons. The van der Waals surface area contributed by atoms with E-state index in [0.717, 1.165) is 37.1 Å². The highest BCUT2D eigenvalue weighted by molar-refractivity contribution is 6.03. The third-order valence-electron chi connectivity index (χ3n) is 5.09. The van der Waals surface area contributed by atoms with E-state index in [4.69, 9.17) is 4.74 Å². The van der Waals surface area contributed by atoms with Crippen LogP contribution < -0.4 is 10.6 Å². The lowest BCUT2D eigenvalue weighted by molar-refractivity contribution is 0.0972. The van der Waals surface area contributed by atoms with Gasteiger partial charge in [0, 0.05) is 35.6 Å². The van der Waals surface area contributed by atoms with Crippen LogP contribution in [0.3, 0.4) is 0 Å². The van der Waals surface area contributed by atoms with Crippen LogP contribution in [0.5, 0.6) is 0 Å². The van der Waals surface area contributed by atoms with Crippen molar-refractivity contribution in [1.82, 2.24) is 20.5 Å². The molecule has 8 nitrogen and oxygen atoms in total. The summed E-state index contributed by atoms with van der Waals surface area (Å²) < 4.78 is 5.51. The van der Waals surface area contributed by atoms with E-state index in [9.17, 15) is 9.59 Å². The molecule has 1 fully saturated rings. The molecule has 2 heterocycles. The number of nitrogens with zero attached hydrogens (tertiary/aromatic N) is 2. The number of hydrogen-bond acceptors (Lipinski definition) is 5. The summed E-state index contributed by atoms with van der Waals surface area (Å²) in [6, 6.07) is 5.47. The van der Waals surface area contributed by atoms with Crippen molar-refractivity contribution >= 4 is 17.8 Å². The van der Waals surface area contributed by atoms with Gasteiger partial charge in [0.25, 0.3) is 5.91 Å². The monoisotopic (exact) mass is 385 g/mol. The predicted molar refractivity (Wildman–Crippen MR) is 105 cm³/mol. The van der Waals surface area contributed by atoms with Crippen molar-refractivity contribution in [2.45, 2.75) is 64.5 Å². The maximum atomic E-state index is 12.3. The lowest BCUT2D eigenvalue weighted by Gasteiger charge is -2.16. The largest absolute Gasteiger partial charge is 0.446 e. The van der Waals surface area contributed by atoms with Crippen LogP contribution >= 0.6 is 0 Å². The number of ether oxygens (including phenoxy) is 1. The molecule has 3 rings (SSSR count). The number of rotatable bonds is 6. The quantitative estimate of drug-likeness (QED) is 0.705. The summed E-state index contributed by atoms with van der Waals surface area (Å²) in [6.45, 7) is 5.83. The van der Waals surface area contributed by atoms with Crippen molar-refractivity contribution in [3.8, 4) is 0 Å². The fraction of sp³-hybridized carbons (Fsp3) is 0.500. The minimum Gasteiger partial charge on any atom is -0.446 e. The van der Waals surface area contributed by atoms with Gasteiger partial charge in [-0.3, -0.25) is 14.9 Å². The van der Waals surface area contributed by atoms with E-state index in [1.807, 2.05) is 26.8 Å². The maximum Gasteiger partial charge on any atom is 0.407 e. The number of nitrogens with one attached hydrogen (secondary N) is 3. The van der Waals surface area contributed by atoms with Crippen molar-refractivity contribution in [2.24, 2.45) is 0 Å². The summed E-state index contributed by atoms with van der Waals surface area (Å²) in [6.07, 6.45) is 4.40. The van der Waals surface area contributed by atoms with Crippen molar-refractivity contribution in [3.05, 3.63) is 41.3 Å². The van der Waals surface area contributed by atoms with E-state index in [2.05, 4.69) is 25.8 Å². The molecule has 3 atom stereocenters. The molecule has 0 aliphatic heterocycles. The first-order valence-corrected chi connectivity index (χ1v) is 9.71. The standard InChI is InChI=1S/C20H27N5O3/c1-4-12(2)22-20(27)28-16-8-7-14(9-16)17-10-18(25-24-17)23-19(26)15-6-5-13(3)21-11-15/h5-6,10-12,14,16H,4,7-9H2,1-3H3,(H,22,27)(H2,23,24,25,26)/t12-,14-,16+/m0/s1. The summed E-state index contributed by atoms with van der Waals surface area (Å²) in [7, 11) is 0. The van der Waals surface area contributed by atoms with E-state index in [1.165, 1.54) is 0 Å². The third kappa shape index (κ3) is 5.09. The first kappa shape index (κ1) is 19.9. The molecule has 28 heavy (non-hydrogen) atoms. The number of amides is 2. The SMILES string of the molecule is CC[C@H](C)NC(=O)O[C@@H]1CC[C@H](c2cc(NC(=O)c3ccc(C)nc3)n[nH]2)C1. The Bertz CT molecular complexity index is 818. The highest BCUT2D eigenvalue weighted by Crippen LogP contribution is 2.35. The zero-order chi connectivity index (χ0) is 20.1. The molecule has 1 aliphatic carbocycles. The number of anilines is 1. The van der Waals surface area contributed by atoms with Gasteiger partial charge in [-0.2, -0.15) is 5.10 Å². The summed E-state index contributed by atoms with van der Waals surface area (Å²) >= 11 is 0. The van der Waals surface area contributed by atoms with Gasteiger partial charge in [0.15, 0.2) is 5.82 Å². The van der Waals surface area contributed by atoms with Crippen LogP contribution in [0.15, 0.2) is 24.4 Å². The number of alkyl carbamates (subject to hydrolysis) is 1. The number of hydrogen-bond donors (Lipinski definition) is 3. The molecule has 0 saturated heterocycles. The van der Waals surface area contributed by atoms with Gasteiger partial charge in [-0.15, -0.1) is 0 Å². The Morgan fingerprint density at radius 2 is 2.18 bits per heavy atom. The normalized spacial score (nSPS) is 19.8. The second-order valence-electron chi connectivity index (χ2n) is 7.34. The smallest absolute Gasteiger partial charge is 0.407 e. The van der Waals surface area contributed by atoms with E-state index in [0.29, 0.717) is 11.4 Å². The number of carbonyl (C=O) groups is 2. The average Bonchev–Trinajstić information content (AvgIpc) is 3.31.